The maximum atomic E-state index is 12.3. The van der Waals surface area contributed by atoms with Gasteiger partial charge in [0.25, 0.3) is 0 Å². The molecule has 9 heteroatoms. The molecule has 3 aliphatic rings. The molecule has 3 aliphatic heterocycles. The molecule has 0 aromatic carbocycles. The number of aliphatic hydroxyl groups excluding tert-OH is 1. The highest BCUT2D eigenvalue weighted by atomic mass is 28.4. The molecule has 168 valence electrons. The van der Waals surface area contributed by atoms with Crippen LogP contribution in [0.15, 0.2) is 0 Å². The van der Waals surface area contributed by atoms with Crippen LogP contribution in [-0.4, -0.2) is 74.2 Å². The Morgan fingerprint density at radius 3 is 2.14 bits per heavy atom. The Bertz CT molecular complexity index is 641. The molecule has 0 aromatic heterocycles. The van der Waals surface area contributed by atoms with Crippen molar-refractivity contribution in [3.05, 3.63) is 0 Å². The average Bonchev–Trinajstić information content (AvgIpc) is 3.13. The molecule has 0 spiro atoms. The van der Waals surface area contributed by atoms with Crippen LogP contribution in [0.25, 0.3) is 0 Å². The van der Waals surface area contributed by atoms with E-state index in [1.54, 1.807) is 27.7 Å². The number of carbonyl (C=O) groups excluding carboxylic acids is 1. The third-order valence-corrected chi connectivity index (χ3v) is 10.7. The molecule has 0 aromatic rings. The molecular weight excluding hydrogens is 396 g/mol. The van der Waals surface area contributed by atoms with Crippen LogP contribution >= 0.6 is 0 Å². The molecule has 29 heavy (non-hydrogen) atoms. The van der Waals surface area contributed by atoms with Gasteiger partial charge in [0, 0.05) is 0 Å². The molecule has 0 unspecified atom stereocenters. The molecule has 0 saturated carbocycles. The Balaban J connectivity index is 1.75. The molecule has 0 bridgehead atoms. The van der Waals surface area contributed by atoms with Crippen LogP contribution in [0.2, 0.25) is 18.1 Å². The normalized spacial score (nSPS) is 37.4. The van der Waals surface area contributed by atoms with E-state index in [9.17, 15) is 9.90 Å². The summed E-state index contributed by atoms with van der Waals surface area (Å²) in [5.74, 6) is -2.31. The lowest BCUT2D eigenvalue weighted by Crippen LogP contribution is -2.50. The van der Waals surface area contributed by atoms with Gasteiger partial charge in [-0.1, -0.05) is 20.8 Å². The maximum absolute atomic E-state index is 12.3. The summed E-state index contributed by atoms with van der Waals surface area (Å²) in [5, 5.41) is 11.0. The zero-order chi connectivity index (χ0) is 22.0. The monoisotopic (exact) mass is 432 g/mol. The molecule has 0 amide bonds. The lowest BCUT2D eigenvalue weighted by atomic mass is 9.98. The van der Waals surface area contributed by atoms with E-state index in [1.807, 2.05) is 0 Å². The van der Waals surface area contributed by atoms with Crippen LogP contribution in [-0.2, 0) is 32.9 Å². The fraction of sp³-hybridized carbons (Fsp3) is 0.950. The molecular formula is C20H36O8Si. The van der Waals surface area contributed by atoms with Crippen LogP contribution in [0.5, 0.6) is 0 Å². The second-order valence-electron chi connectivity index (χ2n) is 10.6. The number of cyclic esters (lactones) is 1. The first-order valence-electron chi connectivity index (χ1n) is 10.3. The van der Waals surface area contributed by atoms with Gasteiger partial charge in [-0.15, -0.1) is 0 Å². The van der Waals surface area contributed by atoms with Crippen molar-refractivity contribution in [1.29, 1.82) is 0 Å². The van der Waals surface area contributed by atoms with Gasteiger partial charge in [0.1, 0.15) is 24.4 Å². The minimum atomic E-state index is -2.05. The van der Waals surface area contributed by atoms with E-state index in [0.717, 1.165) is 0 Å². The quantitative estimate of drug-likeness (QED) is 0.523. The van der Waals surface area contributed by atoms with Crippen LogP contribution in [0.4, 0.5) is 0 Å². The number of hydrogen-bond donors (Lipinski definition) is 1. The summed E-state index contributed by atoms with van der Waals surface area (Å²) in [6, 6.07) is 0. The van der Waals surface area contributed by atoms with Gasteiger partial charge in [0.05, 0.1) is 6.61 Å². The van der Waals surface area contributed by atoms with Crippen molar-refractivity contribution < 1.29 is 38.0 Å². The SMILES string of the molecule is CC1(C)O[C@H]([C@H]2OC(=O)[C@@H]3OC(C)(C)O[C@H]23)[C@@H]([C@@H](O)CO[Si](C)(C)C(C)(C)C)O1. The number of rotatable bonds is 5. The highest BCUT2D eigenvalue weighted by Gasteiger charge is 2.62. The molecule has 3 rings (SSSR count). The Morgan fingerprint density at radius 2 is 1.55 bits per heavy atom. The number of carbonyl (C=O) groups is 1. The van der Waals surface area contributed by atoms with Crippen molar-refractivity contribution in [2.75, 3.05) is 6.61 Å². The van der Waals surface area contributed by atoms with Crippen molar-refractivity contribution in [2.45, 2.75) is 115 Å². The zero-order valence-electron chi connectivity index (χ0n) is 19.0. The van der Waals surface area contributed by atoms with E-state index in [4.69, 9.17) is 28.1 Å². The highest BCUT2D eigenvalue weighted by Crippen LogP contribution is 2.43. The summed E-state index contributed by atoms with van der Waals surface area (Å²) in [6.45, 7) is 17.9. The second-order valence-corrected chi connectivity index (χ2v) is 15.4. The lowest BCUT2D eigenvalue weighted by molar-refractivity contribution is -0.201. The molecule has 3 fully saturated rings. The first-order valence-corrected chi connectivity index (χ1v) is 13.2. The van der Waals surface area contributed by atoms with Gasteiger partial charge in [-0.2, -0.15) is 0 Å². The summed E-state index contributed by atoms with van der Waals surface area (Å²) < 4.78 is 35.4. The van der Waals surface area contributed by atoms with Crippen molar-refractivity contribution in [1.82, 2.24) is 0 Å². The van der Waals surface area contributed by atoms with Crippen molar-refractivity contribution >= 4 is 14.3 Å². The van der Waals surface area contributed by atoms with Crippen LogP contribution in [0, 0.1) is 0 Å². The summed E-state index contributed by atoms with van der Waals surface area (Å²) in [7, 11) is -2.05. The molecule has 0 aliphatic carbocycles. The third kappa shape index (κ3) is 4.56. The number of hydrogen-bond acceptors (Lipinski definition) is 8. The van der Waals surface area contributed by atoms with Crippen LogP contribution in [0.3, 0.4) is 0 Å². The van der Waals surface area contributed by atoms with Gasteiger partial charge in [-0.3, -0.25) is 0 Å². The van der Waals surface area contributed by atoms with Crippen molar-refractivity contribution in [3.8, 4) is 0 Å². The lowest BCUT2D eigenvalue weighted by Gasteiger charge is -2.37. The van der Waals surface area contributed by atoms with Crippen molar-refractivity contribution in [3.63, 3.8) is 0 Å². The minimum absolute atomic E-state index is 0.0211. The summed E-state index contributed by atoms with van der Waals surface area (Å²) in [5.41, 5.74) is 0. The Labute approximate surface area is 174 Å². The predicted octanol–water partition coefficient (Wildman–Crippen LogP) is 2.33. The highest BCUT2D eigenvalue weighted by molar-refractivity contribution is 6.74. The van der Waals surface area contributed by atoms with E-state index in [2.05, 4.69) is 33.9 Å². The number of esters is 1. The number of fused-ring (bicyclic) bond motifs is 1. The first kappa shape index (κ1) is 23.1. The predicted molar refractivity (Wildman–Crippen MR) is 107 cm³/mol. The second kappa shape index (κ2) is 7.25. The van der Waals surface area contributed by atoms with Gasteiger partial charge >= 0.3 is 5.97 Å². The average molecular weight is 433 g/mol. The van der Waals surface area contributed by atoms with Gasteiger partial charge < -0.3 is 33.2 Å². The van der Waals surface area contributed by atoms with Gasteiger partial charge in [-0.05, 0) is 45.8 Å². The van der Waals surface area contributed by atoms with Gasteiger partial charge in [0.15, 0.2) is 32.1 Å². The summed E-state index contributed by atoms with van der Waals surface area (Å²) >= 11 is 0. The fourth-order valence-corrected chi connectivity index (χ4v) is 4.73. The van der Waals surface area contributed by atoms with E-state index in [0.29, 0.717) is 0 Å². The molecule has 1 N–H and O–H groups in total. The third-order valence-electron chi connectivity index (χ3n) is 6.23. The first-order chi connectivity index (χ1) is 13.0. The fourth-order valence-electron chi connectivity index (χ4n) is 3.71. The topological polar surface area (TPSA) is 92.7 Å². The molecule has 3 saturated heterocycles. The maximum Gasteiger partial charge on any atom is 0.338 e. The molecule has 6 atom stereocenters. The smallest absolute Gasteiger partial charge is 0.338 e. The van der Waals surface area contributed by atoms with E-state index in [1.165, 1.54) is 0 Å². The Hall–Kier alpha value is -0.553. The van der Waals surface area contributed by atoms with E-state index < -0.39 is 62.5 Å². The zero-order valence-corrected chi connectivity index (χ0v) is 20.0. The van der Waals surface area contributed by atoms with E-state index in [-0.39, 0.29) is 11.6 Å². The summed E-state index contributed by atoms with van der Waals surface area (Å²) in [4.78, 5) is 12.3. The Morgan fingerprint density at radius 1 is 1.00 bits per heavy atom. The van der Waals surface area contributed by atoms with Crippen LogP contribution < -0.4 is 0 Å². The molecule has 8 nitrogen and oxygen atoms in total. The van der Waals surface area contributed by atoms with Gasteiger partial charge in [-0.25, -0.2) is 4.79 Å². The minimum Gasteiger partial charge on any atom is -0.455 e. The number of ether oxygens (including phenoxy) is 5. The molecule has 3 heterocycles. The van der Waals surface area contributed by atoms with Crippen LogP contribution in [0.1, 0.15) is 48.5 Å². The van der Waals surface area contributed by atoms with Crippen molar-refractivity contribution in [2.24, 2.45) is 0 Å². The van der Waals surface area contributed by atoms with Gasteiger partial charge in [0.2, 0.25) is 0 Å². The Kier molecular flexibility index (Phi) is 5.78. The largest absolute Gasteiger partial charge is 0.455 e. The summed E-state index contributed by atoms with van der Waals surface area (Å²) in [6.07, 6.45) is -4.51. The van der Waals surface area contributed by atoms with E-state index >= 15 is 0 Å². The number of aliphatic hydroxyl groups is 1. The standard InChI is InChI=1S/C20H36O8Si/c1-18(2,3)29(8,9)23-10-11(21)12-14(26-19(4,5)25-12)13-15-16(17(22)24-13)28-20(6,7)27-15/h11-16,21H,10H2,1-9H3/t11-,12+,13+,14-,15+,16+/m0/s1. The molecule has 0 radical (unpaired) electrons.